The number of hydrogen-bond acceptors (Lipinski definition) is 2. The van der Waals surface area contributed by atoms with Crippen molar-refractivity contribution in [2.75, 3.05) is 6.61 Å². The van der Waals surface area contributed by atoms with E-state index in [2.05, 4.69) is 15.9 Å². The first-order chi connectivity index (χ1) is 7.75. The van der Waals surface area contributed by atoms with Crippen molar-refractivity contribution in [3.63, 3.8) is 0 Å². The third kappa shape index (κ3) is 3.80. The molecule has 16 heavy (non-hydrogen) atoms. The fourth-order valence-electron chi connectivity index (χ4n) is 1.73. The molecule has 0 aromatic heterocycles. The number of benzene rings is 1. The molecule has 1 N–H and O–H groups in total. The van der Waals surface area contributed by atoms with Crippen molar-refractivity contribution in [2.45, 2.75) is 31.8 Å². The first kappa shape index (κ1) is 11.9. The van der Waals surface area contributed by atoms with Crippen molar-refractivity contribution in [3.8, 4) is 5.75 Å². The molecular formula is C13H17BrO2. The van der Waals surface area contributed by atoms with Gasteiger partial charge in [0, 0.05) is 4.47 Å². The van der Waals surface area contributed by atoms with Crippen LogP contribution in [-0.4, -0.2) is 17.8 Å². The van der Waals surface area contributed by atoms with Crippen molar-refractivity contribution >= 4 is 15.9 Å². The third-order valence-electron chi connectivity index (χ3n) is 2.89. The highest BCUT2D eigenvalue weighted by Gasteiger charge is 2.28. The van der Waals surface area contributed by atoms with Crippen LogP contribution in [0.25, 0.3) is 0 Å². The Hall–Kier alpha value is -0.540. The molecule has 0 aliphatic heterocycles. The van der Waals surface area contributed by atoms with Crippen molar-refractivity contribution < 1.29 is 9.84 Å². The normalized spacial score (nSPS) is 17.1. The van der Waals surface area contributed by atoms with E-state index in [9.17, 15) is 5.11 Å². The monoisotopic (exact) mass is 284 g/mol. The van der Waals surface area contributed by atoms with E-state index in [1.807, 2.05) is 24.3 Å². The van der Waals surface area contributed by atoms with Crippen LogP contribution in [0, 0.1) is 5.92 Å². The number of hydrogen-bond donors (Lipinski definition) is 1. The Morgan fingerprint density at radius 2 is 2.00 bits per heavy atom. The summed E-state index contributed by atoms with van der Waals surface area (Å²) in [7, 11) is 0. The van der Waals surface area contributed by atoms with E-state index < -0.39 is 0 Å². The van der Waals surface area contributed by atoms with Gasteiger partial charge in [-0.15, -0.1) is 0 Å². The maximum atomic E-state index is 9.66. The average Bonchev–Trinajstić information content (AvgIpc) is 3.10. The van der Waals surface area contributed by atoms with Crippen LogP contribution in [0.2, 0.25) is 0 Å². The van der Waals surface area contributed by atoms with Gasteiger partial charge in [0.2, 0.25) is 0 Å². The maximum absolute atomic E-state index is 9.66. The molecule has 0 radical (unpaired) electrons. The predicted molar refractivity (Wildman–Crippen MR) is 67.6 cm³/mol. The molecule has 0 spiro atoms. The van der Waals surface area contributed by atoms with Gasteiger partial charge in [-0.2, -0.15) is 0 Å². The third-order valence-corrected chi connectivity index (χ3v) is 3.42. The summed E-state index contributed by atoms with van der Waals surface area (Å²) in [6, 6.07) is 7.82. The molecule has 3 heteroatoms. The SMILES string of the molecule is OC(CCCOc1ccc(Br)cc1)C1CC1. The lowest BCUT2D eigenvalue weighted by atomic mass is 10.1. The molecule has 1 atom stereocenters. The zero-order chi connectivity index (χ0) is 11.4. The van der Waals surface area contributed by atoms with Crippen LogP contribution >= 0.6 is 15.9 Å². The van der Waals surface area contributed by atoms with E-state index in [-0.39, 0.29) is 6.10 Å². The molecule has 0 saturated heterocycles. The van der Waals surface area contributed by atoms with Crippen LogP contribution in [0.5, 0.6) is 5.75 Å². The van der Waals surface area contributed by atoms with Crippen LogP contribution in [-0.2, 0) is 0 Å². The number of ether oxygens (including phenoxy) is 1. The summed E-state index contributed by atoms with van der Waals surface area (Å²) in [5.74, 6) is 1.47. The summed E-state index contributed by atoms with van der Waals surface area (Å²) in [6.07, 6.45) is 4.09. The molecule has 1 fully saturated rings. The fourth-order valence-corrected chi connectivity index (χ4v) is 1.99. The molecule has 0 heterocycles. The molecule has 1 unspecified atom stereocenters. The van der Waals surface area contributed by atoms with Crippen LogP contribution in [0.1, 0.15) is 25.7 Å². The van der Waals surface area contributed by atoms with E-state index in [0.29, 0.717) is 12.5 Å². The quantitative estimate of drug-likeness (QED) is 0.812. The minimum Gasteiger partial charge on any atom is -0.494 e. The van der Waals surface area contributed by atoms with Crippen molar-refractivity contribution in [2.24, 2.45) is 5.92 Å². The smallest absolute Gasteiger partial charge is 0.119 e. The largest absolute Gasteiger partial charge is 0.494 e. The Kier molecular flexibility index (Phi) is 4.24. The Morgan fingerprint density at radius 3 is 2.62 bits per heavy atom. The lowest BCUT2D eigenvalue weighted by Gasteiger charge is -2.09. The van der Waals surface area contributed by atoms with Crippen LogP contribution in [0.3, 0.4) is 0 Å². The highest BCUT2D eigenvalue weighted by atomic mass is 79.9. The number of aliphatic hydroxyl groups is 1. The molecule has 1 aromatic rings. The molecule has 2 rings (SSSR count). The predicted octanol–water partition coefficient (Wildman–Crippen LogP) is 3.38. The summed E-state index contributed by atoms with van der Waals surface area (Å²) in [5, 5.41) is 9.66. The van der Waals surface area contributed by atoms with E-state index in [1.165, 1.54) is 12.8 Å². The van der Waals surface area contributed by atoms with Crippen LogP contribution in [0.15, 0.2) is 28.7 Å². The lowest BCUT2D eigenvalue weighted by molar-refractivity contribution is 0.131. The Bertz CT molecular complexity index is 319. The zero-order valence-electron chi connectivity index (χ0n) is 9.23. The van der Waals surface area contributed by atoms with Crippen LogP contribution < -0.4 is 4.74 Å². The summed E-state index contributed by atoms with van der Waals surface area (Å²) in [6.45, 7) is 0.686. The van der Waals surface area contributed by atoms with Gasteiger partial charge in [0.1, 0.15) is 5.75 Å². The molecule has 0 bridgehead atoms. The molecular weight excluding hydrogens is 268 g/mol. The molecule has 1 aliphatic rings. The van der Waals surface area contributed by atoms with E-state index in [0.717, 1.165) is 23.1 Å². The van der Waals surface area contributed by atoms with Crippen LogP contribution in [0.4, 0.5) is 0 Å². The lowest BCUT2D eigenvalue weighted by Crippen LogP contribution is -2.10. The Balaban J connectivity index is 1.62. The topological polar surface area (TPSA) is 29.5 Å². The first-order valence-corrected chi connectivity index (χ1v) is 6.61. The second kappa shape index (κ2) is 5.69. The van der Waals surface area contributed by atoms with Crippen molar-refractivity contribution in [1.29, 1.82) is 0 Å². The van der Waals surface area contributed by atoms with E-state index in [1.54, 1.807) is 0 Å². The van der Waals surface area contributed by atoms with Gasteiger partial charge in [0.15, 0.2) is 0 Å². The highest BCUT2D eigenvalue weighted by Crippen LogP contribution is 2.34. The molecule has 1 aromatic carbocycles. The van der Waals surface area contributed by atoms with Gasteiger partial charge in [-0.05, 0) is 55.9 Å². The summed E-state index contributed by atoms with van der Waals surface area (Å²) >= 11 is 3.38. The van der Waals surface area contributed by atoms with Gasteiger partial charge < -0.3 is 9.84 Å². The van der Waals surface area contributed by atoms with Gasteiger partial charge in [0.25, 0.3) is 0 Å². The van der Waals surface area contributed by atoms with Gasteiger partial charge in [-0.1, -0.05) is 15.9 Å². The molecule has 2 nitrogen and oxygen atoms in total. The van der Waals surface area contributed by atoms with E-state index in [4.69, 9.17) is 4.74 Å². The second-order valence-electron chi connectivity index (χ2n) is 4.35. The van der Waals surface area contributed by atoms with E-state index >= 15 is 0 Å². The van der Waals surface area contributed by atoms with Crippen molar-refractivity contribution in [1.82, 2.24) is 0 Å². The second-order valence-corrected chi connectivity index (χ2v) is 5.27. The molecule has 88 valence electrons. The minimum atomic E-state index is -0.103. The minimum absolute atomic E-state index is 0.103. The van der Waals surface area contributed by atoms with Gasteiger partial charge in [0.05, 0.1) is 12.7 Å². The summed E-state index contributed by atoms with van der Waals surface area (Å²) in [5.41, 5.74) is 0. The highest BCUT2D eigenvalue weighted by molar-refractivity contribution is 9.10. The molecule has 1 saturated carbocycles. The fraction of sp³-hybridized carbons (Fsp3) is 0.538. The standard InChI is InChI=1S/C13H17BrO2/c14-11-5-7-12(8-6-11)16-9-1-2-13(15)10-3-4-10/h5-8,10,13,15H,1-4,9H2. The van der Waals surface area contributed by atoms with Crippen molar-refractivity contribution in [3.05, 3.63) is 28.7 Å². The number of aliphatic hydroxyl groups excluding tert-OH is 1. The Morgan fingerprint density at radius 1 is 1.31 bits per heavy atom. The molecule has 1 aliphatic carbocycles. The number of rotatable bonds is 6. The maximum Gasteiger partial charge on any atom is 0.119 e. The van der Waals surface area contributed by atoms with Gasteiger partial charge >= 0.3 is 0 Å². The van der Waals surface area contributed by atoms with Gasteiger partial charge in [-0.3, -0.25) is 0 Å². The van der Waals surface area contributed by atoms with Gasteiger partial charge in [-0.25, -0.2) is 0 Å². The number of halogens is 1. The molecule has 0 amide bonds. The Labute approximate surface area is 105 Å². The summed E-state index contributed by atoms with van der Waals surface area (Å²) < 4.78 is 6.64. The average molecular weight is 285 g/mol. The first-order valence-electron chi connectivity index (χ1n) is 5.82. The summed E-state index contributed by atoms with van der Waals surface area (Å²) in [4.78, 5) is 0. The zero-order valence-corrected chi connectivity index (χ0v) is 10.8.